The molecular formula is C18H20ClN3O2S. The van der Waals surface area contributed by atoms with Gasteiger partial charge in [-0.25, -0.2) is 0 Å². The molecule has 0 saturated carbocycles. The summed E-state index contributed by atoms with van der Waals surface area (Å²) in [5.41, 5.74) is 1.00. The molecule has 1 aliphatic heterocycles. The van der Waals surface area contributed by atoms with Crippen molar-refractivity contribution in [2.75, 3.05) is 33.2 Å². The molecule has 132 valence electrons. The van der Waals surface area contributed by atoms with Crippen molar-refractivity contribution in [2.24, 2.45) is 0 Å². The number of likely N-dealkylation sites (N-methyl/N-ethyl adjacent to an activating group) is 1. The highest BCUT2D eigenvalue weighted by Crippen LogP contribution is 2.25. The largest absolute Gasteiger partial charge is 0.332 e. The number of nitrogens with zero attached hydrogens (tertiary/aromatic N) is 2. The smallest absolute Gasteiger partial charge is 0.264 e. The molecule has 1 N–H and O–H groups in total. The van der Waals surface area contributed by atoms with Gasteiger partial charge in [0, 0.05) is 31.7 Å². The molecule has 0 radical (unpaired) electrons. The minimum absolute atomic E-state index is 0.0566. The summed E-state index contributed by atoms with van der Waals surface area (Å²) >= 11 is 7.48. The summed E-state index contributed by atoms with van der Waals surface area (Å²) in [7, 11) is 1.66. The monoisotopic (exact) mass is 377 g/mol. The van der Waals surface area contributed by atoms with E-state index in [9.17, 15) is 9.59 Å². The van der Waals surface area contributed by atoms with Gasteiger partial charge in [0.2, 0.25) is 5.91 Å². The van der Waals surface area contributed by atoms with E-state index in [-0.39, 0.29) is 24.4 Å². The molecule has 1 saturated heterocycles. The molecule has 7 heteroatoms. The number of halogens is 1. The summed E-state index contributed by atoms with van der Waals surface area (Å²) in [6, 6.07) is 11.1. The summed E-state index contributed by atoms with van der Waals surface area (Å²) in [5.74, 6) is -0.184. The maximum atomic E-state index is 12.8. The zero-order chi connectivity index (χ0) is 17.8. The van der Waals surface area contributed by atoms with Crippen LogP contribution in [0.3, 0.4) is 0 Å². The van der Waals surface area contributed by atoms with E-state index in [2.05, 4.69) is 5.32 Å². The third kappa shape index (κ3) is 4.21. The van der Waals surface area contributed by atoms with E-state index in [4.69, 9.17) is 11.6 Å². The number of amides is 2. The lowest BCUT2D eigenvalue weighted by molar-refractivity contribution is -0.135. The number of carbonyl (C=O) groups is 2. The molecule has 1 aliphatic rings. The number of nitrogens with one attached hydrogen (secondary N) is 1. The first-order chi connectivity index (χ1) is 12.1. The molecule has 1 aromatic carbocycles. The van der Waals surface area contributed by atoms with Gasteiger partial charge in [-0.3, -0.25) is 9.59 Å². The Hall–Kier alpha value is -1.89. The fraction of sp³-hybridized carbons (Fsp3) is 0.333. The molecular weight excluding hydrogens is 358 g/mol. The maximum absolute atomic E-state index is 12.8. The third-order valence-electron chi connectivity index (χ3n) is 4.25. The first-order valence-corrected chi connectivity index (χ1v) is 9.36. The fourth-order valence-corrected chi connectivity index (χ4v) is 3.88. The average Bonchev–Trinajstić information content (AvgIpc) is 3.15. The van der Waals surface area contributed by atoms with Crippen LogP contribution in [0.4, 0.5) is 0 Å². The van der Waals surface area contributed by atoms with Gasteiger partial charge in [0.15, 0.2) is 0 Å². The zero-order valence-corrected chi connectivity index (χ0v) is 15.5. The predicted octanol–water partition coefficient (Wildman–Crippen LogP) is 2.65. The molecule has 1 unspecified atom stereocenters. The maximum Gasteiger partial charge on any atom is 0.264 e. The molecule has 2 aromatic rings. The molecule has 25 heavy (non-hydrogen) atoms. The van der Waals surface area contributed by atoms with E-state index in [1.807, 2.05) is 40.6 Å². The van der Waals surface area contributed by atoms with Crippen LogP contribution in [0.2, 0.25) is 5.02 Å². The Kier molecular flexibility index (Phi) is 5.73. The number of hydrogen-bond donors (Lipinski definition) is 1. The van der Waals surface area contributed by atoms with E-state index in [0.29, 0.717) is 23.0 Å². The van der Waals surface area contributed by atoms with Crippen molar-refractivity contribution in [1.82, 2.24) is 15.1 Å². The lowest BCUT2D eigenvalue weighted by atomic mass is 10.0. The Bertz CT molecular complexity index is 751. The standard InChI is InChI=1S/C18H20ClN3O2S/c1-21(18(24)16-6-3-9-25-16)12-17(23)22-8-7-20-11-15(22)13-4-2-5-14(19)10-13/h2-6,9-10,15,20H,7-8,11-12H2,1H3. The van der Waals surface area contributed by atoms with Crippen molar-refractivity contribution in [3.8, 4) is 0 Å². The summed E-state index contributed by atoms with van der Waals surface area (Å²) in [5, 5.41) is 5.83. The van der Waals surface area contributed by atoms with Gasteiger partial charge in [0.1, 0.15) is 0 Å². The van der Waals surface area contributed by atoms with Crippen molar-refractivity contribution in [3.63, 3.8) is 0 Å². The molecule has 5 nitrogen and oxygen atoms in total. The zero-order valence-electron chi connectivity index (χ0n) is 13.9. The van der Waals surface area contributed by atoms with Crippen LogP contribution in [0.1, 0.15) is 21.3 Å². The van der Waals surface area contributed by atoms with Crippen LogP contribution in [-0.4, -0.2) is 54.8 Å². The minimum atomic E-state index is -0.127. The number of carbonyl (C=O) groups excluding carboxylic acids is 2. The number of piperazine rings is 1. The first-order valence-electron chi connectivity index (χ1n) is 8.11. The van der Waals surface area contributed by atoms with Gasteiger partial charge in [-0.1, -0.05) is 29.8 Å². The third-order valence-corrected chi connectivity index (χ3v) is 5.34. The predicted molar refractivity (Wildman–Crippen MR) is 100 cm³/mol. The van der Waals surface area contributed by atoms with Crippen molar-refractivity contribution in [3.05, 3.63) is 57.2 Å². The Morgan fingerprint density at radius 3 is 2.92 bits per heavy atom. The van der Waals surface area contributed by atoms with E-state index in [0.717, 1.165) is 12.1 Å². The Morgan fingerprint density at radius 1 is 1.36 bits per heavy atom. The summed E-state index contributed by atoms with van der Waals surface area (Å²) in [6.45, 7) is 2.09. The number of benzene rings is 1. The van der Waals surface area contributed by atoms with E-state index in [1.165, 1.54) is 16.2 Å². The van der Waals surface area contributed by atoms with Crippen molar-refractivity contribution < 1.29 is 9.59 Å². The van der Waals surface area contributed by atoms with Crippen LogP contribution >= 0.6 is 22.9 Å². The van der Waals surface area contributed by atoms with Gasteiger partial charge in [-0.05, 0) is 29.1 Å². The van der Waals surface area contributed by atoms with E-state index in [1.54, 1.807) is 13.1 Å². The highest BCUT2D eigenvalue weighted by Gasteiger charge is 2.29. The summed E-state index contributed by atoms with van der Waals surface area (Å²) in [6.07, 6.45) is 0. The molecule has 0 spiro atoms. The van der Waals surface area contributed by atoms with Crippen molar-refractivity contribution in [1.29, 1.82) is 0 Å². The summed E-state index contributed by atoms with van der Waals surface area (Å²) in [4.78, 5) is 29.1. The minimum Gasteiger partial charge on any atom is -0.332 e. The Balaban J connectivity index is 1.71. The van der Waals surface area contributed by atoms with Crippen LogP contribution in [0, 0.1) is 0 Å². The lowest BCUT2D eigenvalue weighted by Crippen LogP contribution is -2.51. The second kappa shape index (κ2) is 7.99. The molecule has 2 amide bonds. The summed E-state index contributed by atoms with van der Waals surface area (Å²) < 4.78 is 0. The van der Waals surface area contributed by atoms with Gasteiger partial charge in [-0.2, -0.15) is 0 Å². The number of hydrogen-bond acceptors (Lipinski definition) is 4. The molecule has 0 bridgehead atoms. The van der Waals surface area contributed by atoms with Gasteiger partial charge >= 0.3 is 0 Å². The van der Waals surface area contributed by atoms with Crippen LogP contribution in [0.15, 0.2) is 41.8 Å². The van der Waals surface area contributed by atoms with Gasteiger partial charge < -0.3 is 15.1 Å². The number of thiophene rings is 1. The quantitative estimate of drug-likeness (QED) is 0.891. The second-order valence-electron chi connectivity index (χ2n) is 6.00. The van der Waals surface area contributed by atoms with Crippen molar-refractivity contribution in [2.45, 2.75) is 6.04 Å². The van der Waals surface area contributed by atoms with Crippen LogP contribution in [0.25, 0.3) is 0 Å². The van der Waals surface area contributed by atoms with Gasteiger partial charge in [0.25, 0.3) is 5.91 Å². The highest BCUT2D eigenvalue weighted by atomic mass is 35.5. The molecule has 1 atom stereocenters. The molecule has 0 aliphatic carbocycles. The molecule has 3 rings (SSSR count). The second-order valence-corrected chi connectivity index (χ2v) is 7.38. The number of rotatable bonds is 4. The first kappa shape index (κ1) is 17.9. The SMILES string of the molecule is CN(CC(=O)N1CCNCC1c1cccc(Cl)c1)C(=O)c1cccs1. The van der Waals surface area contributed by atoms with Gasteiger partial charge in [-0.15, -0.1) is 11.3 Å². The normalized spacial score (nSPS) is 17.4. The van der Waals surface area contributed by atoms with Gasteiger partial charge in [0.05, 0.1) is 17.5 Å². The fourth-order valence-electron chi connectivity index (χ4n) is 2.97. The topological polar surface area (TPSA) is 52.7 Å². The van der Waals surface area contributed by atoms with Crippen LogP contribution in [0.5, 0.6) is 0 Å². The van der Waals surface area contributed by atoms with Crippen molar-refractivity contribution >= 4 is 34.8 Å². The molecule has 1 fully saturated rings. The highest BCUT2D eigenvalue weighted by molar-refractivity contribution is 7.12. The molecule has 2 heterocycles. The average molecular weight is 378 g/mol. The van der Waals surface area contributed by atoms with E-state index < -0.39 is 0 Å². The Morgan fingerprint density at radius 2 is 2.20 bits per heavy atom. The van der Waals surface area contributed by atoms with Crippen LogP contribution in [-0.2, 0) is 4.79 Å². The Labute approximate surface area is 156 Å². The molecule has 1 aromatic heterocycles. The lowest BCUT2D eigenvalue weighted by Gasteiger charge is -2.37. The van der Waals surface area contributed by atoms with E-state index >= 15 is 0 Å². The van der Waals surface area contributed by atoms with Crippen LogP contribution < -0.4 is 5.32 Å².